The maximum atomic E-state index is 12.1. The number of amides is 2. The van der Waals surface area contributed by atoms with Crippen LogP contribution in [0, 0.1) is 5.92 Å². The van der Waals surface area contributed by atoms with Crippen LogP contribution >= 0.6 is 0 Å². The summed E-state index contributed by atoms with van der Waals surface area (Å²) in [6.45, 7) is 3.00. The summed E-state index contributed by atoms with van der Waals surface area (Å²) in [5, 5.41) is 4.91. The van der Waals surface area contributed by atoms with E-state index >= 15 is 0 Å². The van der Waals surface area contributed by atoms with Gasteiger partial charge in [-0.25, -0.2) is 9.18 Å². The van der Waals surface area contributed by atoms with Crippen LogP contribution in [-0.2, 0) is 16.1 Å². The smallest absolute Gasteiger partial charge is 0.408 e. The van der Waals surface area contributed by atoms with Crippen LogP contribution in [0.4, 0.5) is 9.18 Å². The molecule has 0 spiro atoms. The van der Waals surface area contributed by atoms with Crippen molar-refractivity contribution in [2.45, 2.75) is 26.5 Å². The Morgan fingerprint density at radius 1 is 1.24 bits per heavy atom. The zero-order valence-electron chi connectivity index (χ0n) is 12.3. The van der Waals surface area contributed by atoms with E-state index in [0.717, 1.165) is 5.56 Å². The first-order valence-electron chi connectivity index (χ1n) is 6.85. The van der Waals surface area contributed by atoms with Crippen LogP contribution in [0.5, 0.6) is 0 Å². The number of hydrogen-bond acceptors (Lipinski definition) is 3. The molecule has 0 aliphatic carbocycles. The van der Waals surface area contributed by atoms with Crippen molar-refractivity contribution in [1.29, 1.82) is 0 Å². The van der Waals surface area contributed by atoms with Gasteiger partial charge in [-0.3, -0.25) is 4.79 Å². The van der Waals surface area contributed by atoms with E-state index in [1.807, 2.05) is 30.3 Å². The van der Waals surface area contributed by atoms with Gasteiger partial charge in [-0.15, -0.1) is 0 Å². The first-order valence-corrected chi connectivity index (χ1v) is 6.85. The first kappa shape index (κ1) is 16.9. The number of carbonyl (C=O) groups excluding carboxylic acids is 2. The summed E-state index contributed by atoms with van der Waals surface area (Å²) in [4.78, 5) is 23.5. The van der Waals surface area contributed by atoms with Crippen molar-refractivity contribution >= 4 is 12.0 Å². The highest BCUT2D eigenvalue weighted by Gasteiger charge is 2.24. The average molecular weight is 296 g/mol. The van der Waals surface area contributed by atoms with E-state index in [9.17, 15) is 14.0 Å². The molecule has 21 heavy (non-hydrogen) atoms. The third-order valence-corrected chi connectivity index (χ3v) is 2.83. The summed E-state index contributed by atoms with van der Waals surface area (Å²) >= 11 is 0. The molecule has 0 aliphatic heterocycles. The Bertz CT molecular complexity index is 451. The molecule has 0 unspecified atom stereocenters. The van der Waals surface area contributed by atoms with Crippen LogP contribution in [0.15, 0.2) is 30.3 Å². The van der Waals surface area contributed by atoms with Crippen molar-refractivity contribution in [1.82, 2.24) is 10.6 Å². The number of alkyl carbamates (subject to hydrolysis) is 1. The second-order valence-electron chi connectivity index (χ2n) is 4.91. The maximum absolute atomic E-state index is 12.1. The Labute approximate surface area is 123 Å². The second kappa shape index (κ2) is 8.94. The minimum atomic E-state index is -0.750. The standard InChI is InChI=1S/C15H21FN2O3/c1-11(2)13(14(19)17-9-8-16)18-15(20)21-10-12-6-4-3-5-7-12/h3-7,11,13H,8-10H2,1-2H3,(H,17,19)(H,18,20)/t13-/m0/s1. The summed E-state index contributed by atoms with van der Waals surface area (Å²) in [5.74, 6) is -0.548. The molecule has 0 saturated carbocycles. The monoisotopic (exact) mass is 296 g/mol. The van der Waals surface area contributed by atoms with Crippen LogP contribution < -0.4 is 10.6 Å². The van der Waals surface area contributed by atoms with Crippen molar-refractivity contribution in [3.8, 4) is 0 Å². The molecule has 2 N–H and O–H groups in total. The summed E-state index contributed by atoms with van der Waals surface area (Å²) in [6, 6.07) is 8.48. The average Bonchev–Trinajstić information content (AvgIpc) is 2.49. The molecule has 116 valence electrons. The van der Waals surface area contributed by atoms with E-state index in [4.69, 9.17) is 4.74 Å². The van der Waals surface area contributed by atoms with E-state index in [1.165, 1.54) is 0 Å². The fourth-order valence-corrected chi connectivity index (χ4v) is 1.71. The molecule has 0 aliphatic rings. The number of carbonyl (C=O) groups is 2. The Morgan fingerprint density at radius 3 is 2.48 bits per heavy atom. The molecule has 0 aromatic heterocycles. The Hall–Kier alpha value is -2.11. The van der Waals surface area contributed by atoms with Crippen LogP contribution in [0.2, 0.25) is 0 Å². The zero-order valence-corrected chi connectivity index (χ0v) is 12.3. The molecule has 0 heterocycles. The lowest BCUT2D eigenvalue weighted by Gasteiger charge is -2.21. The highest BCUT2D eigenvalue weighted by atomic mass is 19.1. The lowest BCUT2D eigenvalue weighted by molar-refractivity contribution is -0.124. The molecule has 0 fully saturated rings. The maximum Gasteiger partial charge on any atom is 0.408 e. The van der Waals surface area contributed by atoms with E-state index in [1.54, 1.807) is 13.8 Å². The van der Waals surface area contributed by atoms with Gasteiger partial charge in [0, 0.05) is 6.54 Å². The fourth-order valence-electron chi connectivity index (χ4n) is 1.71. The van der Waals surface area contributed by atoms with E-state index in [-0.39, 0.29) is 19.1 Å². The topological polar surface area (TPSA) is 67.4 Å². The molecule has 5 nitrogen and oxygen atoms in total. The minimum absolute atomic E-state index is 0.0667. The van der Waals surface area contributed by atoms with E-state index < -0.39 is 24.7 Å². The molecule has 2 amide bonds. The Morgan fingerprint density at radius 2 is 1.90 bits per heavy atom. The molecule has 0 bridgehead atoms. The first-order chi connectivity index (χ1) is 10.0. The molecule has 1 rings (SSSR count). The van der Waals surface area contributed by atoms with Gasteiger partial charge < -0.3 is 15.4 Å². The van der Waals surface area contributed by atoms with E-state index in [0.29, 0.717) is 0 Å². The SMILES string of the molecule is CC(C)[C@H](NC(=O)OCc1ccccc1)C(=O)NCCF. The predicted molar refractivity (Wildman–Crippen MR) is 77.4 cm³/mol. The zero-order chi connectivity index (χ0) is 15.7. The number of halogens is 1. The van der Waals surface area contributed by atoms with Gasteiger partial charge in [-0.1, -0.05) is 44.2 Å². The molecule has 0 radical (unpaired) electrons. The summed E-state index contributed by atoms with van der Waals surface area (Å²) in [5.41, 5.74) is 0.857. The molecular weight excluding hydrogens is 275 g/mol. The minimum Gasteiger partial charge on any atom is -0.445 e. The van der Waals surface area contributed by atoms with Gasteiger partial charge in [0.15, 0.2) is 0 Å². The summed E-state index contributed by atoms with van der Waals surface area (Å²) in [7, 11) is 0. The van der Waals surface area contributed by atoms with Gasteiger partial charge >= 0.3 is 6.09 Å². The molecule has 1 aromatic rings. The van der Waals surface area contributed by atoms with Crippen LogP contribution in [-0.4, -0.2) is 31.3 Å². The number of nitrogens with one attached hydrogen (secondary N) is 2. The van der Waals surface area contributed by atoms with Crippen LogP contribution in [0.25, 0.3) is 0 Å². The van der Waals surface area contributed by atoms with Gasteiger partial charge in [0.2, 0.25) is 5.91 Å². The molecular formula is C15H21FN2O3. The third kappa shape index (κ3) is 6.25. The fraction of sp³-hybridized carbons (Fsp3) is 0.467. The molecule has 1 atom stereocenters. The lowest BCUT2D eigenvalue weighted by Crippen LogP contribution is -2.50. The van der Waals surface area contributed by atoms with Crippen LogP contribution in [0.3, 0.4) is 0 Å². The van der Waals surface area contributed by atoms with Gasteiger partial charge in [-0.05, 0) is 11.5 Å². The molecule has 1 aromatic carbocycles. The number of ether oxygens (including phenoxy) is 1. The normalized spacial score (nSPS) is 11.8. The van der Waals surface area contributed by atoms with Gasteiger partial charge in [0.05, 0.1) is 0 Å². The third-order valence-electron chi connectivity index (χ3n) is 2.83. The Kier molecular flexibility index (Phi) is 7.21. The highest BCUT2D eigenvalue weighted by Crippen LogP contribution is 2.04. The van der Waals surface area contributed by atoms with Crippen molar-refractivity contribution < 1.29 is 18.7 Å². The van der Waals surface area contributed by atoms with Crippen molar-refractivity contribution in [2.75, 3.05) is 13.2 Å². The molecule has 6 heteroatoms. The highest BCUT2D eigenvalue weighted by molar-refractivity contribution is 5.85. The van der Waals surface area contributed by atoms with Crippen LogP contribution in [0.1, 0.15) is 19.4 Å². The number of benzene rings is 1. The molecule has 0 saturated heterocycles. The quantitative estimate of drug-likeness (QED) is 0.809. The lowest BCUT2D eigenvalue weighted by atomic mass is 10.0. The summed E-state index contributed by atoms with van der Waals surface area (Å²) < 4.78 is 17.1. The number of alkyl halides is 1. The summed E-state index contributed by atoms with van der Waals surface area (Å²) in [6.07, 6.45) is -0.673. The van der Waals surface area contributed by atoms with Crippen molar-refractivity contribution in [2.24, 2.45) is 5.92 Å². The van der Waals surface area contributed by atoms with Crippen molar-refractivity contribution in [3.63, 3.8) is 0 Å². The second-order valence-corrected chi connectivity index (χ2v) is 4.91. The van der Waals surface area contributed by atoms with Crippen molar-refractivity contribution in [3.05, 3.63) is 35.9 Å². The predicted octanol–water partition coefficient (Wildman–Crippen LogP) is 2.02. The number of rotatable bonds is 7. The van der Waals surface area contributed by atoms with Gasteiger partial charge in [-0.2, -0.15) is 0 Å². The van der Waals surface area contributed by atoms with Gasteiger partial charge in [0.25, 0.3) is 0 Å². The Balaban J connectivity index is 2.47. The number of hydrogen-bond donors (Lipinski definition) is 2. The van der Waals surface area contributed by atoms with E-state index in [2.05, 4.69) is 10.6 Å². The largest absolute Gasteiger partial charge is 0.445 e. The van der Waals surface area contributed by atoms with Gasteiger partial charge in [0.1, 0.15) is 19.3 Å².